The molecule has 25 heavy (non-hydrogen) atoms. The minimum absolute atomic E-state index is 0.108. The summed E-state index contributed by atoms with van der Waals surface area (Å²) >= 11 is 1.15. The third-order valence-electron chi connectivity index (χ3n) is 4.05. The van der Waals surface area contributed by atoms with Crippen molar-refractivity contribution in [1.29, 1.82) is 0 Å². The zero-order chi connectivity index (χ0) is 17.8. The van der Waals surface area contributed by atoms with Gasteiger partial charge in [-0.25, -0.2) is 13.2 Å². The fourth-order valence-corrected chi connectivity index (χ4v) is 3.62. The summed E-state index contributed by atoms with van der Waals surface area (Å²) in [4.78, 5) is 14.8. The molecule has 3 rings (SSSR count). The summed E-state index contributed by atoms with van der Waals surface area (Å²) in [5.74, 6) is -2.20. The fraction of sp³-hybridized carbons (Fsp3) is 0.278. The highest BCUT2D eigenvalue weighted by atomic mass is 32.2. The minimum Gasteiger partial charge on any atom is -0.332 e. The lowest BCUT2D eigenvalue weighted by atomic mass is 10.0. The molecule has 1 atom stereocenters. The maximum atomic E-state index is 13.5. The number of carbonyl (C=O) groups is 1. The van der Waals surface area contributed by atoms with Crippen molar-refractivity contribution in [3.05, 3.63) is 65.5 Å². The zero-order valence-corrected chi connectivity index (χ0v) is 14.2. The lowest BCUT2D eigenvalue weighted by molar-refractivity contribution is -0.131. The fourth-order valence-electron chi connectivity index (χ4n) is 2.81. The van der Waals surface area contributed by atoms with E-state index in [0.29, 0.717) is 24.5 Å². The average Bonchev–Trinajstić information content (AvgIpc) is 2.62. The molecule has 7 heteroatoms. The first-order valence-electron chi connectivity index (χ1n) is 7.88. The summed E-state index contributed by atoms with van der Waals surface area (Å²) < 4.78 is 39.7. The van der Waals surface area contributed by atoms with Crippen LogP contribution in [0.15, 0.2) is 47.4 Å². The number of nitrogens with zero attached hydrogens (tertiary/aromatic N) is 1. The summed E-state index contributed by atoms with van der Waals surface area (Å²) in [5, 5.41) is 3.21. The Hall–Kier alpha value is -1.99. The molecule has 0 saturated carbocycles. The number of nitrogens with one attached hydrogen (secondary N) is 1. The zero-order valence-electron chi connectivity index (χ0n) is 13.3. The second-order valence-corrected chi connectivity index (χ2v) is 6.78. The molecule has 132 valence electrons. The Balaban J connectivity index is 1.69. The van der Waals surface area contributed by atoms with Gasteiger partial charge >= 0.3 is 0 Å². The number of benzene rings is 2. The monoisotopic (exact) mass is 366 g/mol. The normalized spacial score (nSPS) is 17.6. The number of hydrogen-bond donors (Lipinski definition) is 1. The van der Waals surface area contributed by atoms with Gasteiger partial charge in [0.2, 0.25) is 5.91 Å². The van der Waals surface area contributed by atoms with E-state index in [2.05, 4.69) is 5.32 Å². The summed E-state index contributed by atoms with van der Waals surface area (Å²) in [6, 6.07) is 9.53. The maximum Gasteiger partial charge on any atom is 0.233 e. The van der Waals surface area contributed by atoms with Crippen LogP contribution in [0.5, 0.6) is 0 Å². The molecule has 1 saturated heterocycles. The molecule has 0 aliphatic carbocycles. The van der Waals surface area contributed by atoms with Gasteiger partial charge in [0, 0.05) is 24.5 Å². The number of amides is 1. The van der Waals surface area contributed by atoms with Gasteiger partial charge in [0.1, 0.15) is 5.82 Å². The van der Waals surface area contributed by atoms with Gasteiger partial charge in [0.15, 0.2) is 11.6 Å². The maximum absolute atomic E-state index is 13.5. The molecule has 1 unspecified atom stereocenters. The molecule has 3 nitrogen and oxygen atoms in total. The van der Waals surface area contributed by atoms with E-state index in [-0.39, 0.29) is 23.5 Å². The largest absolute Gasteiger partial charge is 0.332 e. The van der Waals surface area contributed by atoms with Crippen molar-refractivity contribution in [2.45, 2.75) is 10.9 Å². The molecule has 0 bridgehead atoms. The summed E-state index contributed by atoms with van der Waals surface area (Å²) in [6.45, 7) is 1.72. The standard InChI is InChI=1S/C18H17F3N2OS/c19-13-3-1-2-12(8-13)17-10-22-6-7-23(17)18(24)11-25-14-4-5-15(20)16(21)9-14/h1-5,8-9,17,22H,6-7,10-11H2. The molecule has 1 aliphatic heterocycles. The van der Waals surface area contributed by atoms with Crippen molar-refractivity contribution in [1.82, 2.24) is 10.2 Å². The molecule has 2 aromatic carbocycles. The highest BCUT2D eigenvalue weighted by molar-refractivity contribution is 8.00. The highest BCUT2D eigenvalue weighted by Gasteiger charge is 2.28. The number of hydrogen-bond acceptors (Lipinski definition) is 3. The van der Waals surface area contributed by atoms with Crippen molar-refractivity contribution in [2.24, 2.45) is 0 Å². The lowest BCUT2D eigenvalue weighted by Gasteiger charge is -2.36. The van der Waals surface area contributed by atoms with Gasteiger partial charge in [0.05, 0.1) is 11.8 Å². The second kappa shape index (κ2) is 7.93. The van der Waals surface area contributed by atoms with Crippen molar-refractivity contribution in [3.63, 3.8) is 0 Å². The Morgan fingerprint density at radius 2 is 2.00 bits per heavy atom. The quantitative estimate of drug-likeness (QED) is 0.842. The third kappa shape index (κ3) is 4.35. The second-order valence-electron chi connectivity index (χ2n) is 5.73. The van der Waals surface area contributed by atoms with E-state index >= 15 is 0 Å². The van der Waals surface area contributed by atoms with Crippen LogP contribution in [0.25, 0.3) is 0 Å². The molecule has 0 spiro atoms. The molecular formula is C18H17F3N2OS. The Morgan fingerprint density at radius 1 is 1.16 bits per heavy atom. The van der Waals surface area contributed by atoms with E-state index in [1.165, 1.54) is 18.2 Å². The van der Waals surface area contributed by atoms with E-state index in [1.807, 2.05) is 0 Å². The number of thioether (sulfide) groups is 1. The molecule has 1 fully saturated rings. The summed E-state index contributed by atoms with van der Waals surface area (Å²) in [5.41, 5.74) is 0.735. The minimum atomic E-state index is -0.933. The Morgan fingerprint density at radius 3 is 2.76 bits per heavy atom. The first-order valence-corrected chi connectivity index (χ1v) is 8.86. The van der Waals surface area contributed by atoms with E-state index in [4.69, 9.17) is 0 Å². The van der Waals surface area contributed by atoms with Crippen molar-refractivity contribution in [3.8, 4) is 0 Å². The SMILES string of the molecule is O=C(CSc1ccc(F)c(F)c1)N1CCNCC1c1cccc(F)c1. The number of carbonyl (C=O) groups excluding carboxylic acids is 1. The predicted octanol–water partition coefficient (Wildman–Crippen LogP) is 3.37. The molecule has 1 amide bonds. The Kier molecular flexibility index (Phi) is 5.65. The number of rotatable bonds is 4. The van der Waals surface area contributed by atoms with Crippen molar-refractivity contribution < 1.29 is 18.0 Å². The van der Waals surface area contributed by atoms with Crippen LogP contribution in [0.2, 0.25) is 0 Å². The van der Waals surface area contributed by atoms with Crippen LogP contribution in [0.4, 0.5) is 13.2 Å². The smallest absolute Gasteiger partial charge is 0.233 e. The van der Waals surface area contributed by atoms with Gasteiger partial charge in [-0.1, -0.05) is 12.1 Å². The first kappa shape index (κ1) is 17.8. The van der Waals surface area contributed by atoms with Crippen LogP contribution >= 0.6 is 11.8 Å². The molecular weight excluding hydrogens is 349 g/mol. The van der Waals surface area contributed by atoms with Crippen LogP contribution in [0.1, 0.15) is 11.6 Å². The Labute approximate surface area is 148 Å². The third-order valence-corrected chi connectivity index (χ3v) is 5.03. The highest BCUT2D eigenvalue weighted by Crippen LogP contribution is 2.26. The molecule has 1 heterocycles. The van der Waals surface area contributed by atoms with E-state index in [0.717, 1.165) is 29.5 Å². The van der Waals surface area contributed by atoms with Crippen molar-refractivity contribution >= 4 is 17.7 Å². The summed E-state index contributed by atoms with van der Waals surface area (Å²) in [6.07, 6.45) is 0. The molecule has 1 aliphatic rings. The molecule has 1 N–H and O–H groups in total. The first-order chi connectivity index (χ1) is 12.0. The van der Waals surface area contributed by atoms with Crippen LogP contribution in [0, 0.1) is 17.5 Å². The van der Waals surface area contributed by atoms with Crippen LogP contribution in [0.3, 0.4) is 0 Å². The van der Waals surface area contributed by atoms with Gasteiger partial charge in [-0.05, 0) is 35.9 Å². The van der Waals surface area contributed by atoms with Gasteiger partial charge in [-0.2, -0.15) is 0 Å². The lowest BCUT2D eigenvalue weighted by Crippen LogP contribution is -2.49. The van der Waals surface area contributed by atoms with Crippen molar-refractivity contribution in [2.75, 3.05) is 25.4 Å². The average molecular weight is 366 g/mol. The number of piperazine rings is 1. The molecule has 0 radical (unpaired) electrons. The van der Waals surface area contributed by atoms with Gasteiger partial charge in [-0.15, -0.1) is 11.8 Å². The topological polar surface area (TPSA) is 32.3 Å². The van der Waals surface area contributed by atoms with Gasteiger partial charge < -0.3 is 10.2 Å². The van der Waals surface area contributed by atoms with Crippen LogP contribution in [-0.2, 0) is 4.79 Å². The summed E-state index contributed by atoms with van der Waals surface area (Å²) in [7, 11) is 0. The van der Waals surface area contributed by atoms with E-state index in [1.54, 1.807) is 17.0 Å². The molecule has 2 aromatic rings. The number of halogens is 3. The predicted molar refractivity (Wildman–Crippen MR) is 90.8 cm³/mol. The van der Waals surface area contributed by atoms with Crippen LogP contribution in [-0.4, -0.2) is 36.2 Å². The van der Waals surface area contributed by atoms with Crippen LogP contribution < -0.4 is 5.32 Å². The Bertz CT molecular complexity index is 772. The van der Waals surface area contributed by atoms with E-state index in [9.17, 15) is 18.0 Å². The van der Waals surface area contributed by atoms with Gasteiger partial charge in [0.25, 0.3) is 0 Å². The van der Waals surface area contributed by atoms with E-state index < -0.39 is 11.6 Å². The molecule has 0 aromatic heterocycles. The van der Waals surface area contributed by atoms with Gasteiger partial charge in [-0.3, -0.25) is 4.79 Å².